The fraction of sp³-hybridized carbons (Fsp3) is 0.588. The van der Waals surface area contributed by atoms with Crippen molar-refractivity contribution in [1.82, 2.24) is 9.80 Å². The zero-order valence-electron chi connectivity index (χ0n) is 13.0. The lowest BCUT2D eigenvalue weighted by Crippen LogP contribution is -2.59. The first-order chi connectivity index (χ1) is 10.3. The van der Waals surface area contributed by atoms with Crippen LogP contribution in [0, 0.1) is 5.92 Å². The first-order valence-electron chi connectivity index (χ1n) is 7.97. The number of hydrogen-bond acceptors (Lipinski definition) is 3. The molecule has 0 saturated carbocycles. The molecule has 3 fully saturated rings. The second kappa shape index (κ2) is 6.09. The minimum absolute atomic E-state index is 0. The number of carbonyl (C=O) groups excluding carboxylic acids is 1. The molecule has 120 valence electrons. The molecule has 2 bridgehead atoms. The highest BCUT2D eigenvalue weighted by Gasteiger charge is 2.41. The quantitative estimate of drug-likeness (QED) is 0.837. The van der Waals surface area contributed by atoms with Gasteiger partial charge in [0.2, 0.25) is 0 Å². The Bertz CT molecular complexity index is 570. The van der Waals surface area contributed by atoms with Gasteiger partial charge in [-0.05, 0) is 50.4 Å². The zero-order chi connectivity index (χ0) is 14.4. The summed E-state index contributed by atoms with van der Waals surface area (Å²) < 4.78 is 5.41. The molecule has 1 atom stereocenters. The monoisotopic (exact) mass is 322 g/mol. The van der Waals surface area contributed by atoms with Gasteiger partial charge in [-0.15, -0.1) is 12.4 Å². The Balaban J connectivity index is 0.00000144. The van der Waals surface area contributed by atoms with Crippen LogP contribution in [0.4, 0.5) is 0 Å². The Labute approximate surface area is 137 Å². The van der Waals surface area contributed by atoms with Crippen LogP contribution in [0.5, 0.6) is 5.75 Å². The number of amides is 1. The van der Waals surface area contributed by atoms with Gasteiger partial charge in [-0.2, -0.15) is 0 Å². The Morgan fingerprint density at radius 3 is 2.59 bits per heavy atom. The molecule has 0 radical (unpaired) electrons. The van der Waals surface area contributed by atoms with E-state index < -0.39 is 0 Å². The summed E-state index contributed by atoms with van der Waals surface area (Å²) in [5, 5.41) is 0. The maximum absolute atomic E-state index is 12.9. The number of nitrogens with zero attached hydrogens (tertiary/aromatic N) is 2. The van der Waals surface area contributed by atoms with Gasteiger partial charge in [0.1, 0.15) is 5.75 Å². The molecule has 5 heteroatoms. The van der Waals surface area contributed by atoms with Crippen LogP contribution in [0.25, 0.3) is 0 Å². The van der Waals surface area contributed by atoms with E-state index in [0.29, 0.717) is 12.0 Å². The van der Waals surface area contributed by atoms with E-state index in [-0.39, 0.29) is 18.3 Å². The van der Waals surface area contributed by atoms with E-state index in [1.807, 2.05) is 18.2 Å². The summed E-state index contributed by atoms with van der Waals surface area (Å²) in [4.78, 5) is 17.6. The molecule has 4 nitrogen and oxygen atoms in total. The highest BCUT2D eigenvalue weighted by Crippen LogP contribution is 2.35. The van der Waals surface area contributed by atoms with Crippen LogP contribution in [-0.4, -0.2) is 55.0 Å². The molecule has 0 aromatic heterocycles. The van der Waals surface area contributed by atoms with Gasteiger partial charge < -0.3 is 14.5 Å². The standard InChI is InChI=1S/C17H22N2O2.ClH/c1-21-16-4-2-3-14-13(16)7-10-19(17(14)20)15-11-18-8-5-12(15)6-9-18;/h2-4,12,15H,5-11H2,1H3;1H/t15-;/m1./s1. The van der Waals surface area contributed by atoms with Crippen molar-refractivity contribution in [3.05, 3.63) is 29.3 Å². The van der Waals surface area contributed by atoms with Crippen LogP contribution in [0.15, 0.2) is 18.2 Å². The first-order valence-corrected chi connectivity index (χ1v) is 7.97. The van der Waals surface area contributed by atoms with Crippen LogP contribution >= 0.6 is 12.4 Å². The van der Waals surface area contributed by atoms with Gasteiger partial charge in [0.25, 0.3) is 5.91 Å². The molecule has 0 spiro atoms. The molecular formula is C17H23ClN2O2. The van der Waals surface area contributed by atoms with Crippen molar-refractivity contribution >= 4 is 18.3 Å². The normalized spacial score (nSPS) is 29.8. The molecule has 4 aliphatic heterocycles. The van der Waals surface area contributed by atoms with E-state index in [2.05, 4.69) is 9.80 Å². The molecule has 1 aromatic rings. The number of fused-ring (bicyclic) bond motifs is 4. The summed E-state index contributed by atoms with van der Waals surface area (Å²) in [5.74, 6) is 1.76. The summed E-state index contributed by atoms with van der Waals surface area (Å²) in [6, 6.07) is 6.25. The fourth-order valence-electron chi connectivity index (χ4n) is 4.31. The molecule has 0 aliphatic carbocycles. The average molecular weight is 323 g/mol. The van der Waals surface area contributed by atoms with Crippen molar-refractivity contribution in [1.29, 1.82) is 0 Å². The topological polar surface area (TPSA) is 32.8 Å². The number of piperidine rings is 3. The number of ether oxygens (including phenoxy) is 1. The van der Waals surface area contributed by atoms with E-state index in [1.54, 1.807) is 7.11 Å². The molecule has 0 N–H and O–H groups in total. The molecule has 0 unspecified atom stereocenters. The molecule has 1 aromatic carbocycles. The predicted molar refractivity (Wildman–Crippen MR) is 87.9 cm³/mol. The van der Waals surface area contributed by atoms with E-state index in [0.717, 1.165) is 36.4 Å². The van der Waals surface area contributed by atoms with Crippen molar-refractivity contribution in [2.75, 3.05) is 33.3 Å². The Morgan fingerprint density at radius 1 is 1.18 bits per heavy atom. The second-order valence-corrected chi connectivity index (χ2v) is 6.44. The minimum Gasteiger partial charge on any atom is -0.496 e. The summed E-state index contributed by atoms with van der Waals surface area (Å²) in [6.45, 7) is 4.33. The number of hydrogen-bond donors (Lipinski definition) is 0. The summed E-state index contributed by atoms with van der Waals surface area (Å²) in [6.07, 6.45) is 3.41. The van der Waals surface area contributed by atoms with E-state index in [4.69, 9.17) is 4.74 Å². The number of benzene rings is 1. The van der Waals surface area contributed by atoms with Crippen LogP contribution in [0.1, 0.15) is 28.8 Å². The van der Waals surface area contributed by atoms with Gasteiger partial charge in [-0.25, -0.2) is 0 Å². The van der Waals surface area contributed by atoms with E-state index in [9.17, 15) is 4.79 Å². The van der Waals surface area contributed by atoms with Gasteiger partial charge in [0.05, 0.1) is 7.11 Å². The molecule has 4 heterocycles. The predicted octanol–water partition coefficient (Wildman–Crippen LogP) is 2.21. The lowest BCUT2D eigenvalue weighted by Gasteiger charge is -2.50. The summed E-state index contributed by atoms with van der Waals surface area (Å²) in [5.41, 5.74) is 1.93. The number of halogens is 1. The lowest BCUT2D eigenvalue weighted by atomic mass is 9.82. The van der Waals surface area contributed by atoms with Crippen LogP contribution in [0.3, 0.4) is 0 Å². The second-order valence-electron chi connectivity index (χ2n) is 6.44. The van der Waals surface area contributed by atoms with Crippen LogP contribution in [-0.2, 0) is 6.42 Å². The van der Waals surface area contributed by atoms with Gasteiger partial charge in [-0.3, -0.25) is 4.79 Å². The molecule has 22 heavy (non-hydrogen) atoms. The van der Waals surface area contributed by atoms with Gasteiger partial charge >= 0.3 is 0 Å². The van der Waals surface area contributed by atoms with Gasteiger partial charge in [0, 0.05) is 30.3 Å². The average Bonchev–Trinajstić information content (AvgIpc) is 2.56. The highest BCUT2D eigenvalue weighted by atomic mass is 35.5. The summed E-state index contributed by atoms with van der Waals surface area (Å²) in [7, 11) is 1.68. The summed E-state index contributed by atoms with van der Waals surface area (Å²) >= 11 is 0. The molecular weight excluding hydrogens is 300 g/mol. The lowest BCUT2D eigenvalue weighted by molar-refractivity contribution is 0.00596. The Kier molecular flexibility index (Phi) is 4.33. The maximum atomic E-state index is 12.9. The zero-order valence-corrected chi connectivity index (χ0v) is 13.8. The molecule has 5 rings (SSSR count). The largest absolute Gasteiger partial charge is 0.496 e. The van der Waals surface area contributed by atoms with Crippen molar-refractivity contribution in [2.45, 2.75) is 25.3 Å². The number of methoxy groups -OCH3 is 1. The number of carbonyl (C=O) groups is 1. The highest BCUT2D eigenvalue weighted by molar-refractivity contribution is 5.97. The molecule has 3 saturated heterocycles. The van der Waals surface area contributed by atoms with Crippen LogP contribution < -0.4 is 4.74 Å². The Hall–Kier alpha value is -1.26. The smallest absolute Gasteiger partial charge is 0.254 e. The third kappa shape index (κ3) is 2.38. The Morgan fingerprint density at radius 2 is 1.95 bits per heavy atom. The van der Waals surface area contributed by atoms with Crippen molar-refractivity contribution < 1.29 is 9.53 Å². The van der Waals surface area contributed by atoms with Crippen molar-refractivity contribution in [3.63, 3.8) is 0 Å². The third-order valence-corrected chi connectivity index (χ3v) is 5.47. The fourth-order valence-corrected chi connectivity index (χ4v) is 4.31. The molecule has 1 amide bonds. The first kappa shape index (κ1) is 15.6. The van der Waals surface area contributed by atoms with Crippen molar-refractivity contribution in [2.24, 2.45) is 5.92 Å². The van der Waals surface area contributed by atoms with E-state index >= 15 is 0 Å². The molecule has 4 aliphatic rings. The van der Waals surface area contributed by atoms with Gasteiger partial charge in [-0.1, -0.05) is 6.07 Å². The van der Waals surface area contributed by atoms with Gasteiger partial charge in [0.15, 0.2) is 0 Å². The van der Waals surface area contributed by atoms with E-state index in [1.165, 1.54) is 25.9 Å². The minimum atomic E-state index is 0. The van der Waals surface area contributed by atoms with Crippen molar-refractivity contribution in [3.8, 4) is 5.75 Å². The SMILES string of the molecule is COc1cccc2c1CCN([C@@H]1CN3CCC1CC3)C2=O.Cl. The van der Waals surface area contributed by atoms with Crippen LogP contribution in [0.2, 0.25) is 0 Å². The maximum Gasteiger partial charge on any atom is 0.254 e. The number of rotatable bonds is 2. The third-order valence-electron chi connectivity index (χ3n) is 5.47.